The number of carbonyl (C=O) groups is 3. The fourth-order valence-corrected chi connectivity index (χ4v) is 4.33. The van der Waals surface area contributed by atoms with Crippen molar-refractivity contribution in [2.75, 3.05) is 13.1 Å². The molecule has 0 spiro atoms. The molecule has 2 amide bonds. The van der Waals surface area contributed by atoms with Crippen molar-refractivity contribution in [2.45, 2.75) is 51.0 Å². The molecule has 2 aliphatic heterocycles. The van der Waals surface area contributed by atoms with E-state index >= 15 is 0 Å². The normalized spacial score (nSPS) is 25.3. The van der Waals surface area contributed by atoms with Crippen LogP contribution in [0.25, 0.3) is 0 Å². The van der Waals surface area contributed by atoms with Crippen LogP contribution in [0.2, 0.25) is 5.02 Å². The van der Waals surface area contributed by atoms with Crippen molar-refractivity contribution in [1.82, 2.24) is 10.2 Å². The smallest absolute Gasteiger partial charge is 0.228 e. The fraction of sp³-hybridized carbons (Fsp3) is 0.550. The zero-order valence-corrected chi connectivity index (χ0v) is 16.0. The van der Waals surface area contributed by atoms with Crippen LogP contribution in [0.5, 0.6) is 0 Å². The Balaban J connectivity index is 1.56. The summed E-state index contributed by atoms with van der Waals surface area (Å²) in [6.45, 7) is 4.97. The maximum atomic E-state index is 12.8. The lowest BCUT2D eigenvalue weighted by molar-refractivity contribution is -0.137. The molecule has 3 rings (SSSR count). The molecule has 1 N–H and O–H groups in total. The summed E-state index contributed by atoms with van der Waals surface area (Å²) in [6, 6.07) is 7.92. The number of hydrogen-bond donors (Lipinski definition) is 1. The maximum Gasteiger partial charge on any atom is 0.228 e. The first-order chi connectivity index (χ1) is 12.3. The summed E-state index contributed by atoms with van der Waals surface area (Å²) in [6.07, 6.45) is 2.09. The second kappa shape index (κ2) is 7.39. The average Bonchev–Trinajstić information content (AvgIpc) is 2.86. The Morgan fingerprint density at radius 3 is 2.62 bits per heavy atom. The number of amides is 2. The second-order valence-corrected chi connectivity index (χ2v) is 8.18. The molecule has 2 atom stereocenters. The summed E-state index contributed by atoms with van der Waals surface area (Å²) in [4.78, 5) is 38.2. The standard InChI is InChI=1S/C20H25ClN2O3/c1-13(12-20(2)17(24)11-18(25)22-20)19(26)23-8-6-14(7-9-23)15-4-3-5-16(21)10-15/h3-5,10,13-14H,6-9,11-12H2,1-2H3,(H,22,25)/t13-,20+/m0/s1. The van der Waals surface area contributed by atoms with Crippen molar-refractivity contribution < 1.29 is 14.4 Å². The van der Waals surface area contributed by atoms with E-state index in [4.69, 9.17) is 11.6 Å². The van der Waals surface area contributed by atoms with Gasteiger partial charge in [-0.2, -0.15) is 0 Å². The molecular weight excluding hydrogens is 352 g/mol. The van der Waals surface area contributed by atoms with Gasteiger partial charge in [0.05, 0.1) is 12.0 Å². The minimum Gasteiger partial charge on any atom is -0.343 e. The molecule has 0 aliphatic carbocycles. The molecule has 2 saturated heterocycles. The summed E-state index contributed by atoms with van der Waals surface area (Å²) >= 11 is 6.08. The Morgan fingerprint density at radius 1 is 1.35 bits per heavy atom. The van der Waals surface area contributed by atoms with Gasteiger partial charge in [-0.25, -0.2) is 0 Å². The van der Waals surface area contributed by atoms with Gasteiger partial charge in [0.15, 0.2) is 5.78 Å². The molecule has 0 saturated carbocycles. The monoisotopic (exact) mass is 376 g/mol. The number of hydrogen-bond acceptors (Lipinski definition) is 3. The fourth-order valence-electron chi connectivity index (χ4n) is 4.13. The molecule has 1 aromatic carbocycles. The molecule has 2 aliphatic rings. The molecule has 5 nitrogen and oxygen atoms in total. The highest BCUT2D eigenvalue weighted by Crippen LogP contribution is 2.31. The summed E-state index contributed by atoms with van der Waals surface area (Å²) in [5, 5.41) is 3.47. The highest BCUT2D eigenvalue weighted by atomic mass is 35.5. The number of nitrogens with one attached hydrogen (secondary N) is 1. The first-order valence-corrected chi connectivity index (χ1v) is 9.55. The van der Waals surface area contributed by atoms with Crippen LogP contribution in [0.3, 0.4) is 0 Å². The third kappa shape index (κ3) is 3.93. The topological polar surface area (TPSA) is 66.5 Å². The Hall–Kier alpha value is -1.88. The van der Waals surface area contributed by atoms with Crippen molar-refractivity contribution in [3.05, 3.63) is 34.9 Å². The number of halogens is 1. The molecule has 0 aromatic heterocycles. The predicted molar refractivity (Wildman–Crippen MR) is 100.0 cm³/mol. The van der Waals surface area contributed by atoms with Crippen molar-refractivity contribution in [3.8, 4) is 0 Å². The molecule has 0 bridgehead atoms. The zero-order chi connectivity index (χ0) is 18.9. The third-order valence-corrected chi connectivity index (χ3v) is 5.85. The van der Waals surface area contributed by atoms with Gasteiger partial charge in [-0.1, -0.05) is 30.7 Å². The van der Waals surface area contributed by atoms with Gasteiger partial charge in [0.2, 0.25) is 11.8 Å². The number of likely N-dealkylation sites (tertiary alicyclic amines) is 1. The first-order valence-electron chi connectivity index (χ1n) is 9.17. The van der Waals surface area contributed by atoms with Crippen LogP contribution >= 0.6 is 11.6 Å². The number of carbonyl (C=O) groups excluding carboxylic acids is 3. The number of piperidine rings is 1. The largest absolute Gasteiger partial charge is 0.343 e. The van der Waals surface area contributed by atoms with E-state index in [0.717, 1.165) is 17.9 Å². The zero-order valence-electron chi connectivity index (χ0n) is 15.3. The van der Waals surface area contributed by atoms with E-state index in [1.54, 1.807) is 6.92 Å². The summed E-state index contributed by atoms with van der Waals surface area (Å²) in [7, 11) is 0. The van der Waals surface area contributed by atoms with Gasteiger partial charge in [0, 0.05) is 24.0 Å². The molecule has 140 valence electrons. The van der Waals surface area contributed by atoms with Gasteiger partial charge < -0.3 is 10.2 Å². The van der Waals surface area contributed by atoms with E-state index in [9.17, 15) is 14.4 Å². The summed E-state index contributed by atoms with van der Waals surface area (Å²) in [5.41, 5.74) is 0.315. The minimum absolute atomic E-state index is 0.0599. The van der Waals surface area contributed by atoms with Gasteiger partial charge >= 0.3 is 0 Å². The van der Waals surface area contributed by atoms with Gasteiger partial charge in [-0.15, -0.1) is 0 Å². The SMILES string of the molecule is C[C@@H](C[C@@]1(C)NC(=O)CC1=O)C(=O)N1CCC(c2cccc(Cl)c2)CC1. The van der Waals surface area contributed by atoms with Crippen molar-refractivity contribution in [2.24, 2.45) is 5.92 Å². The van der Waals surface area contributed by atoms with Crippen LogP contribution in [-0.2, 0) is 14.4 Å². The van der Waals surface area contributed by atoms with E-state index in [-0.39, 0.29) is 29.9 Å². The molecule has 1 aromatic rings. The third-order valence-electron chi connectivity index (χ3n) is 5.61. The van der Waals surface area contributed by atoms with E-state index in [1.807, 2.05) is 30.0 Å². The summed E-state index contributed by atoms with van der Waals surface area (Å²) in [5.74, 6) is -0.197. The van der Waals surface area contributed by atoms with Crippen LogP contribution in [0, 0.1) is 5.92 Å². The van der Waals surface area contributed by atoms with E-state index in [2.05, 4.69) is 11.4 Å². The quantitative estimate of drug-likeness (QED) is 0.821. The van der Waals surface area contributed by atoms with Crippen LogP contribution in [0.15, 0.2) is 24.3 Å². The molecule has 0 unspecified atom stereocenters. The van der Waals surface area contributed by atoms with Crippen LogP contribution < -0.4 is 5.32 Å². The van der Waals surface area contributed by atoms with Crippen molar-refractivity contribution >= 4 is 29.2 Å². The Morgan fingerprint density at radius 2 is 2.04 bits per heavy atom. The van der Waals surface area contributed by atoms with Crippen molar-refractivity contribution in [1.29, 1.82) is 0 Å². The Labute approximate surface area is 159 Å². The number of nitrogens with zero attached hydrogens (tertiary/aromatic N) is 1. The van der Waals surface area contributed by atoms with Crippen LogP contribution in [-0.4, -0.2) is 41.1 Å². The van der Waals surface area contributed by atoms with E-state index in [0.29, 0.717) is 25.4 Å². The maximum absolute atomic E-state index is 12.8. The lowest BCUT2D eigenvalue weighted by Crippen LogP contribution is -2.48. The van der Waals surface area contributed by atoms with Gasteiger partial charge in [0.1, 0.15) is 0 Å². The Bertz CT molecular complexity index is 728. The Kier molecular flexibility index (Phi) is 5.37. The van der Waals surface area contributed by atoms with E-state index < -0.39 is 5.54 Å². The number of Topliss-reactive ketones (excluding diaryl/α,β-unsaturated/α-hetero) is 1. The number of ketones is 1. The lowest BCUT2D eigenvalue weighted by atomic mass is 9.85. The lowest BCUT2D eigenvalue weighted by Gasteiger charge is -2.35. The summed E-state index contributed by atoms with van der Waals surface area (Å²) < 4.78 is 0. The second-order valence-electron chi connectivity index (χ2n) is 7.74. The molecule has 26 heavy (non-hydrogen) atoms. The van der Waals surface area contributed by atoms with Crippen LogP contribution in [0.4, 0.5) is 0 Å². The molecular formula is C20H25ClN2O3. The average molecular weight is 377 g/mol. The molecule has 0 radical (unpaired) electrons. The van der Waals surface area contributed by atoms with Crippen LogP contribution in [0.1, 0.15) is 51.0 Å². The molecule has 6 heteroatoms. The molecule has 2 fully saturated rings. The number of rotatable bonds is 4. The highest BCUT2D eigenvalue weighted by molar-refractivity contribution is 6.30. The van der Waals surface area contributed by atoms with Crippen molar-refractivity contribution in [3.63, 3.8) is 0 Å². The van der Waals surface area contributed by atoms with Gasteiger partial charge in [0.25, 0.3) is 0 Å². The van der Waals surface area contributed by atoms with E-state index in [1.165, 1.54) is 5.56 Å². The van der Waals surface area contributed by atoms with Gasteiger partial charge in [-0.05, 0) is 49.8 Å². The molecule has 2 heterocycles. The minimum atomic E-state index is -0.911. The van der Waals surface area contributed by atoms with Gasteiger partial charge in [-0.3, -0.25) is 14.4 Å². The first kappa shape index (κ1) is 18.9. The predicted octanol–water partition coefficient (Wildman–Crippen LogP) is 2.92. The highest BCUT2D eigenvalue weighted by Gasteiger charge is 2.44. The number of benzene rings is 1.